The van der Waals surface area contributed by atoms with Crippen molar-refractivity contribution in [2.24, 2.45) is 0 Å². The Kier molecular flexibility index (Phi) is 4.19. The van der Waals surface area contributed by atoms with Crippen molar-refractivity contribution in [1.82, 2.24) is 9.97 Å². The average molecular weight is 316 g/mol. The summed E-state index contributed by atoms with van der Waals surface area (Å²) in [5, 5.41) is 3.07. The fraction of sp³-hybridized carbons (Fsp3) is 0.667. The molecule has 0 radical (unpaired) electrons. The highest BCUT2D eigenvalue weighted by Crippen LogP contribution is 2.43. The molecule has 1 heterocycles. The second-order valence-electron chi connectivity index (χ2n) is 4.39. The molecule has 0 bridgehead atoms. The Labute approximate surface area is 115 Å². The molecule has 1 aliphatic carbocycles. The SMILES string of the molecule is CNc1nc(C2(OC)CCC2)nc(COC)c1Br. The van der Waals surface area contributed by atoms with Crippen LogP contribution in [-0.4, -0.2) is 31.2 Å². The number of halogens is 1. The van der Waals surface area contributed by atoms with E-state index in [0.717, 1.165) is 41.1 Å². The third-order valence-electron chi connectivity index (χ3n) is 3.40. The maximum atomic E-state index is 5.62. The number of methoxy groups -OCH3 is 2. The molecule has 0 spiro atoms. The highest BCUT2D eigenvalue weighted by atomic mass is 79.9. The van der Waals surface area contributed by atoms with Crippen molar-refractivity contribution in [1.29, 1.82) is 0 Å². The van der Waals surface area contributed by atoms with E-state index in [4.69, 9.17) is 9.47 Å². The standard InChI is InChI=1S/C12H18BrN3O2/c1-14-10-9(13)8(7-17-2)15-11(16-10)12(18-3)5-4-6-12/h4-7H2,1-3H3,(H,14,15,16). The van der Waals surface area contributed by atoms with Crippen LogP contribution < -0.4 is 5.32 Å². The van der Waals surface area contributed by atoms with Gasteiger partial charge in [0.15, 0.2) is 5.82 Å². The van der Waals surface area contributed by atoms with Gasteiger partial charge < -0.3 is 14.8 Å². The van der Waals surface area contributed by atoms with Crippen molar-refractivity contribution in [3.05, 3.63) is 16.0 Å². The number of anilines is 1. The Morgan fingerprint density at radius 3 is 2.50 bits per heavy atom. The highest BCUT2D eigenvalue weighted by molar-refractivity contribution is 9.10. The van der Waals surface area contributed by atoms with E-state index in [-0.39, 0.29) is 5.60 Å². The molecule has 1 aromatic rings. The van der Waals surface area contributed by atoms with Gasteiger partial charge in [0, 0.05) is 21.3 Å². The molecule has 0 aliphatic heterocycles. The first kappa shape index (κ1) is 13.7. The quantitative estimate of drug-likeness (QED) is 0.904. The van der Waals surface area contributed by atoms with Crippen LogP contribution in [0.1, 0.15) is 30.8 Å². The predicted octanol–water partition coefficient (Wildman–Crippen LogP) is 2.45. The minimum Gasteiger partial charge on any atom is -0.378 e. The van der Waals surface area contributed by atoms with Gasteiger partial charge in [0.1, 0.15) is 11.4 Å². The van der Waals surface area contributed by atoms with Crippen LogP contribution in [0, 0.1) is 0 Å². The lowest BCUT2D eigenvalue weighted by Crippen LogP contribution is -2.38. The van der Waals surface area contributed by atoms with Gasteiger partial charge in [-0.1, -0.05) is 0 Å². The monoisotopic (exact) mass is 315 g/mol. The Bertz CT molecular complexity index is 430. The van der Waals surface area contributed by atoms with Gasteiger partial charge in [0.05, 0.1) is 16.8 Å². The van der Waals surface area contributed by atoms with E-state index in [1.807, 2.05) is 7.05 Å². The maximum Gasteiger partial charge on any atom is 0.163 e. The molecule has 1 N–H and O–H groups in total. The minimum atomic E-state index is -0.311. The van der Waals surface area contributed by atoms with Crippen molar-refractivity contribution in [2.45, 2.75) is 31.5 Å². The highest BCUT2D eigenvalue weighted by Gasteiger charge is 2.42. The first-order valence-corrected chi connectivity index (χ1v) is 6.75. The summed E-state index contributed by atoms with van der Waals surface area (Å²) < 4.78 is 11.6. The van der Waals surface area contributed by atoms with Crippen LogP contribution in [0.15, 0.2) is 4.47 Å². The van der Waals surface area contributed by atoms with Crippen LogP contribution in [0.25, 0.3) is 0 Å². The van der Waals surface area contributed by atoms with Crippen LogP contribution in [0.2, 0.25) is 0 Å². The third kappa shape index (κ3) is 2.24. The minimum absolute atomic E-state index is 0.311. The molecule has 0 aromatic carbocycles. The second kappa shape index (κ2) is 5.50. The van der Waals surface area contributed by atoms with Crippen LogP contribution in [0.3, 0.4) is 0 Å². The molecule has 2 rings (SSSR count). The molecule has 18 heavy (non-hydrogen) atoms. The summed E-state index contributed by atoms with van der Waals surface area (Å²) in [7, 11) is 5.22. The zero-order chi connectivity index (χ0) is 13.2. The third-order valence-corrected chi connectivity index (χ3v) is 4.23. The Morgan fingerprint density at radius 2 is 2.06 bits per heavy atom. The first-order chi connectivity index (χ1) is 8.66. The molecule has 0 saturated heterocycles. The van der Waals surface area contributed by atoms with Crippen LogP contribution >= 0.6 is 15.9 Å². The molecule has 0 amide bonds. The number of nitrogens with zero attached hydrogens (tertiary/aromatic N) is 2. The van der Waals surface area contributed by atoms with Gasteiger partial charge >= 0.3 is 0 Å². The van der Waals surface area contributed by atoms with E-state index in [0.29, 0.717) is 6.61 Å². The molecule has 5 nitrogen and oxygen atoms in total. The summed E-state index contributed by atoms with van der Waals surface area (Å²) in [6.45, 7) is 0.449. The van der Waals surface area contributed by atoms with Gasteiger partial charge in [-0.25, -0.2) is 9.97 Å². The Hall–Kier alpha value is -0.720. The van der Waals surface area contributed by atoms with Crippen LogP contribution in [0.5, 0.6) is 0 Å². The lowest BCUT2D eigenvalue weighted by atomic mass is 9.79. The van der Waals surface area contributed by atoms with Crippen molar-refractivity contribution in [3.63, 3.8) is 0 Å². The second-order valence-corrected chi connectivity index (χ2v) is 5.18. The molecule has 1 saturated carbocycles. The average Bonchev–Trinajstić information content (AvgIpc) is 2.32. The summed E-state index contributed by atoms with van der Waals surface area (Å²) in [4.78, 5) is 9.14. The maximum absolute atomic E-state index is 5.62. The fourth-order valence-electron chi connectivity index (χ4n) is 2.11. The largest absolute Gasteiger partial charge is 0.378 e. The van der Waals surface area contributed by atoms with Gasteiger partial charge in [0.2, 0.25) is 0 Å². The van der Waals surface area contributed by atoms with E-state index >= 15 is 0 Å². The number of rotatable bonds is 5. The lowest BCUT2D eigenvalue weighted by molar-refractivity contribution is -0.0848. The molecule has 100 valence electrons. The summed E-state index contributed by atoms with van der Waals surface area (Å²) in [6.07, 6.45) is 3.10. The zero-order valence-corrected chi connectivity index (χ0v) is 12.5. The molecular formula is C12H18BrN3O2. The number of ether oxygens (including phenoxy) is 2. The zero-order valence-electron chi connectivity index (χ0n) is 10.9. The van der Waals surface area contributed by atoms with Crippen molar-refractivity contribution in [2.75, 3.05) is 26.6 Å². The molecule has 1 aromatic heterocycles. The molecule has 1 aliphatic rings. The topological polar surface area (TPSA) is 56.3 Å². The van der Waals surface area contributed by atoms with Gasteiger partial charge in [-0.05, 0) is 35.2 Å². The lowest BCUT2D eigenvalue weighted by Gasteiger charge is -2.39. The van der Waals surface area contributed by atoms with Gasteiger partial charge in [-0.15, -0.1) is 0 Å². The molecule has 0 unspecified atom stereocenters. The van der Waals surface area contributed by atoms with Gasteiger partial charge in [-0.3, -0.25) is 0 Å². The summed E-state index contributed by atoms with van der Waals surface area (Å²) in [6, 6.07) is 0. The van der Waals surface area contributed by atoms with E-state index in [2.05, 4.69) is 31.2 Å². The van der Waals surface area contributed by atoms with Crippen LogP contribution in [-0.2, 0) is 21.7 Å². The van der Waals surface area contributed by atoms with E-state index in [1.54, 1.807) is 14.2 Å². The smallest absolute Gasteiger partial charge is 0.163 e. The molecule has 6 heteroatoms. The van der Waals surface area contributed by atoms with Crippen molar-refractivity contribution < 1.29 is 9.47 Å². The normalized spacial score (nSPS) is 17.3. The molecular weight excluding hydrogens is 298 g/mol. The number of hydrogen-bond donors (Lipinski definition) is 1. The van der Waals surface area contributed by atoms with Crippen molar-refractivity contribution >= 4 is 21.7 Å². The molecule has 1 fully saturated rings. The summed E-state index contributed by atoms with van der Waals surface area (Å²) >= 11 is 3.50. The number of aromatic nitrogens is 2. The van der Waals surface area contributed by atoms with Gasteiger partial charge in [-0.2, -0.15) is 0 Å². The summed E-state index contributed by atoms with van der Waals surface area (Å²) in [5.74, 6) is 1.52. The number of hydrogen-bond acceptors (Lipinski definition) is 5. The fourth-order valence-corrected chi connectivity index (χ4v) is 2.60. The number of nitrogens with one attached hydrogen (secondary N) is 1. The van der Waals surface area contributed by atoms with Gasteiger partial charge in [0.25, 0.3) is 0 Å². The van der Waals surface area contributed by atoms with Crippen LogP contribution in [0.4, 0.5) is 5.82 Å². The van der Waals surface area contributed by atoms with E-state index in [9.17, 15) is 0 Å². The summed E-state index contributed by atoms with van der Waals surface area (Å²) in [5.41, 5.74) is 0.532. The van der Waals surface area contributed by atoms with Crippen molar-refractivity contribution in [3.8, 4) is 0 Å². The van der Waals surface area contributed by atoms with E-state index in [1.165, 1.54) is 0 Å². The van der Waals surface area contributed by atoms with E-state index < -0.39 is 0 Å². The Morgan fingerprint density at radius 1 is 1.33 bits per heavy atom. The predicted molar refractivity (Wildman–Crippen MR) is 72.5 cm³/mol. The molecule has 0 atom stereocenters. The first-order valence-electron chi connectivity index (χ1n) is 5.95. The Balaban J connectivity index is 2.44.